The number of hydrogen-bond donors (Lipinski definition) is 1. The molecular weight excluding hydrogens is 268 g/mol. The number of rotatable bonds is 5. The summed E-state index contributed by atoms with van der Waals surface area (Å²) in [6, 6.07) is 3.97. The first-order chi connectivity index (χ1) is 10.2. The molecule has 0 fully saturated rings. The number of aryl methyl sites for hydroxylation is 1. The van der Waals surface area contributed by atoms with Gasteiger partial charge in [-0.3, -0.25) is 0 Å². The second-order valence-electron chi connectivity index (χ2n) is 5.84. The van der Waals surface area contributed by atoms with E-state index in [-0.39, 0.29) is 6.61 Å². The Balaban J connectivity index is 2.07. The maximum atomic E-state index is 9.12. The summed E-state index contributed by atoms with van der Waals surface area (Å²) in [5.41, 5.74) is 2.00. The van der Waals surface area contributed by atoms with Gasteiger partial charge in [0.15, 0.2) is 11.5 Å². The number of aromatic nitrogens is 2. The van der Waals surface area contributed by atoms with Crippen LogP contribution in [0.4, 0.5) is 0 Å². The number of imidazole rings is 1. The highest BCUT2D eigenvalue weighted by Gasteiger charge is 2.18. The Bertz CT molecular complexity index is 634. The number of hydrogen-bond acceptors (Lipinski definition) is 4. The molecule has 0 spiro atoms. The van der Waals surface area contributed by atoms with Crippen LogP contribution in [-0.2, 0) is 13.0 Å². The van der Waals surface area contributed by atoms with Crippen molar-refractivity contribution >= 4 is 11.0 Å². The quantitative estimate of drug-likeness (QED) is 0.918. The molecule has 0 saturated carbocycles. The van der Waals surface area contributed by atoms with Gasteiger partial charge in [0.1, 0.15) is 19.0 Å². The van der Waals surface area contributed by atoms with Crippen LogP contribution >= 0.6 is 0 Å². The first kappa shape index (κ1) is 14.2. The predicted octanol–water partition coefficient (Wildman–Crippen LogP) is 2.39. The molecule has 0 radical (unpaired) electrons. The van der Waals surface area contributed by atoms with E-state index >= 15 is 0 Å². The molecule has 5 heteroatoms. The van der Waals surface area contributed by atoms with Crippen LogP contribution in [0.3, 0.4) is 0 Å². The molecule has 1 aromatic carbocycles. The number of aliphatic hydroxyl groups is 1. The molecule has 1 aromatic heterocycles. The fraction of sp³-hybridized carbons (Fsp3) is 0.562. The van der Waals surface area contributed by atoms with Crippen LogP contribution in [0.1, 0.15) is 26.1 Å². The lowest BCUT2D eigenvalue weighted by atomic mass is 10.1. The zero-order valence-electron chi connectivity index (χ0n) is 12.6. The number of ether oxygens (including phenoxy) is 2. The van der Waals surface area contributed by atoms with Crippen molar-refractivity contribution in [3.05, 3.63) is 18.0 Å². The highest BCUT2D eigenvalue weighted by Crippen LogP contribution is 2.35. The van der Waals surface area contributed by atoms with Gasteiger partial charge in [0.05, 0.1) is 11.0 Å². The molecule has 1 N–H and O–H groups in total. The van der Waals surface area contributed by atoms with E-state index in [9.17, 15) is 0 Å². The van der Waals surface area contributed by atoms with Crippen molar-refractivity contribution in [2.24, 2.45) is 5.92 Å². The van der Waals surface area contributed by atoms with Gasteiger partial charge >= 0.3 is 0 Å². The van der Waals surface area contributed by atoms with E-state index in [0.717, 1.165) is 47.7 Å². The summed E-state index contributed by atoms with van der Waals surface area (Å²) in [6.07, 6.45) is 1.65. The van der Waals surface area contributed by atoms with Crippen molar-refractivity contribution in [1.82, 2.24) is 9.55 Å². The third kappa shape index (κ3) is 2.83. The largest absolute Gasteiger partial charge is 0.486 e. The monoisotopic (exact) mass is 290 g/mol. The van der Waals surface area contributed by atoms with E-state index in [1.54, 1.807) is 0 Å². The van der Waals surface area contributed by atoms with Crippen molar-refractivity contribution in [3.8, 4) is 11.5 Å². The molecule has 1 aliphatic heterocycles. The highest BCUT2D eigenvalue weighted by molar-refractivity contribution is 5.80. The molecule has 21 heavy (non-hydrogen) atoms. The van der Waals surface area contributed by atoms with Crippen molar-refractivity contribution < 1.29 is 14.6 Å². The molecule has 0 aliphatic carbocycles. The highest BCUT2D eigenvalue weighted by atomic mass is 16.6. The van der Waals surface area contributed by atoms with Crippen LogP contribution < -0.4 is 9.47 Å². The standard InChI is InChI=1S/C16H22N2O3/c1-11(2)8-16-17-12-9-14-15(21-7-6-20-14)10-13(12)18(16)4-3-5-19/h9-11,19H,3-8H2,1-2H3. The van der Waals surface area contributed by atoms with Crippen molar-refractivity contribution in [1.29, 1.82) is 0 Å². The van der Waals surface area contributed by atoms with E-state index in [2.05, 4.69) is 18.4 Å². The average molecular weight is 290 g/mol. The lowest BCUT2D eigenvalue weighted by Crippen LogP contribution is -2.15. The maximum absolute atomic E-state index is 9.12. The van der Waals surface area contributed by atoms with Gasteiger partial charge in [0, 0.05) is 31.7 Å². The van der Waals surface area contributed by atoms with E-state index < -0.39 is 0 Å². The molecule has 3 rings (SSSR count). The summed E-state index contributed by atoms with van der Waals surface area (Å²) in [6.45, 7) is 6.50. The summed E-state index contributed by atoms with van der Waals surface area (Å²) in [5.74, 6) is 3.17. The zero-order chi connectivity index (χ0) is 14.8. The summed E-state index contributed by atoms with van der Waals surface area (Å²) < 4.78 is 13.5. The van der Waals surface area contributed by atoms with Gasteiger partial charge in [-0.25, -0.2) is 4.98 Å². The van der Waals surface area contributed by atoms with Gasteiger partial charge in [0.25, 0.3) is 0 Å². The molecule has 2 aromatic rings. The number of nitrogens with zero attached hydrogens (tertiary/aromatic N) is 2. The van der Waals surface area contributed by atoms with Gasteiger partial charge < -0.3 is 19.1 Å². The summed E-state index contributed by atoms with van der Waals surface area (Å²) in [4.78, 5) is 4.76. The minimum Gasteiger partial charge on any atom is -0.486 e. The Morgan fingerprint density at radius 1 is 1.24 bits per heavy atom. The van der Waals surface area contributed by atoms with Gasteiger partial charge in [-0.2, -0.15) is 0 Å². The van der Waals surface area contributed by atoms with Crippen molar-refractivity contribution in [2.75, 3.05) is 19.8 Å². The molecule has 2 heterocycles. The van der Waals surface area contributed by atoms with E-state index in [1.807, 2.05) is 12.1 Å². The number of fused-ring (bicyclic) bond motifs is 2. The second kappa shape index (κ2) is 5.93. The first-order valence-corrected chi connectivity index (χ1v) is 7.58. The summed E-state index contributed by atoms with van der Waals surface area (Å²) >= 11 is 0. The summed E-state index contributed by atoms with van der Waals surface area (Å²) in [5, 5.41) is 9.12. The predicted molar refractivity (Wildman–Crippen MR) is 81.0 cm³/mol. The molecule has 5 nitrogen and oxygen atoms in total. The smallest absolute Gasteiger partial charge is 0.163 e. The van der Waals surface area contributed by atoms with E-state index in [0.29, 0.717) is 19.1 Å². The maximum Gasteiger partial charge on any atom is 0.163 e. The first-order valence-electron chi connectivity index (χ1n) is 7.58. The van der Waals surface area contributed by atoms with Gasteiger partial charge in [-0.15, -0.1) is 0 Å². The van der Waals surface area contributed by atoms with Crippen LogP contribution in [0.25, 0.3) is 11.0 Å². The third-order valence-corrected chi connectivity index (χ3v) is 3.62. The fourth-order valence-electron chi connectivity index (χ4n) is 2.71. The Labute approximate surface area is 124 Å². The Hall–Kier alpha value is -1.75. The van der Waals surface area contributed by atoms with Crippen LogP contribution in [0, 0.1) is 5.92 Å². The Kier molecular flexibility index (Phi) is 4.01. The number of benzene rings is 1. The van der Waals surface area contributed by atoms with Crippen molar-refractivity contribution in [2.45, 2.75) is 33.2 Å². The topological polar surface area (TPSA) is 56.5 Å². The van der Waals surface area contributed by atoms with Gasteiger partial charge in [-0.05, 0) is 12.3 Å². The molecule has 0 unspecified atom stereocenters. The van der Waals surface area contributed by atoms with Gasteiger partial charge in [-0.1, -0.05) is 13.8 Å². The molecule has 114 valence electrons. The minimum atomic E-state index is 0.186. The molecule has 1 aliphatic rings. The second-order valence-corrected chi connectivity index (χ2v) is 5.84. The van der Waals surface area contributed by atoms with Crippen molar-refractivity contribution in [3.63, 3.8) is 0 Å². The third-order valence-electron chi connectivity index (χ3n) is 3.62. The molecule has 0 bridgehead atoms. The minimum absolute atomic E-state index is 0.186. The van der Waals surface area contributed by atoms with Crippen LogP contribution in [0.15, 0.2) is 12.1 Å². The van der Waals surface area contributed by atoms with Crippen LogP contribution in [-0.4, -0.2) is 34.5 Å². The normalized spacial score (nSPS) is 14.1. The lowest BCUT2D eigenvalue weighted by Gasteiger charge is -2.18. The van der Waals surface area contributed by atoms with Crippen LogP contribution in [0.2, 0.25) is 0 Å². The van der Waals surface area contributed by atoms with E-state index in [4.69, 9.17) is 19.6 Å². The van der Waals surface area contributed by atoms with Gasteiger partial charge in [0.2, 0.25) is 0 Å². The molecule has 0 saturated heterocycles. The molecular formula is C16H22N2O3. The lowest BCUT2D eigenvalue weighted by molar-refractivity contribution is 0.172. The zero-order valence-corrected chi connectivity index (χ0v) is 12.6. The van der Waals surface area contributed by atoms with E-state index in [1.165, 1.54) is 0 Å². The summed E-state index contributed by atoms with van der Waals surface area (Å²) in [7, 11) is 0. The number of aliphatic hydroxyl groups excluding tert-OH is 1. The Morgan fingerprint density at radius 2 is 1.95 bits per heavy atom. The SMILES string of the molecule is CC(C)Cc1nc2cc3c(cc2n1CCCO)OCCO3. The Morgan fingerprint density at radius 3 is 2.62 bits per heavy atom. The average Bonchev–Trinajstić information content (AvgIpc) is 2.78. The molecule has 0 amide bonds. The van der Waals surface area contributed by atoms with Crippen LogP contribution in [0.5, 0.6) is 11.5 Å². The fourth-order valence-corrected chi connectivity index (χ4v) is 2.71. The molecule has 0 atom stereocenters.